The smallest absolute Gasteiger partial charge is 0.442 e. The van der Waals surface area contributed by atoms with Crippen molar-refractivity contribution in [2.75, 3.05) is 96.4 Å². The first kappa shape index (κ1) is 70.0. The number of hydrogen-bond donors (Lipinski definition) is 14. The molecule has 0 bridgehead atoms. The molecule has 6 amide bonds. The number of halogens is 3. The van der Waals surface area contributed by atoms with Gasteiger partial charge in [0.1, 0.15) is 61.2 Å². The molecule has 4 rings (SSSR count). The lowest BCUT2D eigenvalue weighted by Gasteiger charge is -2.32. The maximum atomic E-state index is 14.0. The summed E-state index contributed by atoms with van der Waals surface area (Å²) in [5.74, 6) is -0.120. The van der Waals surface area contributed by atoms with Crippen LogP contribution in [0.25, 0.3) is 0 Å². The number of urea groups is 1. The SMILES string of the molecule is O=C[C@H](O)[C@@H](O)[C@H](OCC(CO[C@@H]([C@H](O)[C@@H](O)C=O)[C@H](O)CO)NC(=O)c1ccc(C2(C(F)(F)F)N=N2)cc1OCCOCCOCCNC(=O)CCSSCCC(=O)NCCNC(=O)CCCC[C@@H]1SC[C@@H]2NC(=O)N[C@@H]21)[C@H](O)CO. The van der Waals surface area contributed by atoms with Crippen LogP contribution in [-0.4, -0.2) is 258 Å². The van der Waals surface area contributed by atoms with E-state index in [9.17, 15) is 87.6 Å². The zero-order chi connectivity index (χ0) is 60.2. The van der Waals surface area contributed by atoms with Gasteiger partial charge < -0.3 is 106 Å². The van der Waals surface area contributed by atoms with E-state index in [2.05, 4.69) is 42.1 Å². The van der Waals surface area contributed by atoms with E-state index >= 15 is 0 Å². The minimum atomic E-state index is -4.99. The lowest BCUT2D eigenvalue weighted by Crippen LogP contribution is -2.52. The highest BCUT2D eigenvalue weighted by Gasteiger charge is 2.65. The average Bonchev–Trinajstić information content (AvgIpc) is 3.90. The number of fused-ring (bicyclic) bond motifs is 1. The summed E-state index contributed by atoms with van der Waals surface area (Å²) in [6, 6.07) is 1.35. The van der Waals surface area contributed by atoms with Gasteiger partial charge in [-0.3, -0.25) is 19.2 Å². The van der Waals surface area contributed by atoms with Crippen molar-refractivity contribution in [3.05, 3.63) is 29.3 Å². The van der Waals surface area contributed by atoms with Crippen molar-refractivity contribution in [3.8, 4) is 5.75 Å². The summed E-state index contributed by atoms with van der Waals surface area (Å²) in [5, 5.41) is 104. The first-order chi connectivity index (χ1) is 39.2. The number of benzene rings is 1. The van der Waals surface area contributed by atoms with Crippen LogP contribution in [0, 0.1) is 0 Å². The summed E-state index contributed by atoms with van der Waals surface area (Å²) in [7, 11) is 2.89. The summed E-state index contributed by atoms with van der Waals surface area (Å²) in [6.45, 7) is -3.39. The third kappa shape index (κ3) is 22.8. The predicted molar refractivity (Wildman–Crippen MR) is 286 cm³/mol. The van der Waals surface area contributed by atoms with Gasteiger partial charge in [0.15, 0.2) is 12.6 Å². The minimum Gasteiger partial charge on any atom is -0.490 e. The van der Waals surface area contributed by atoms with Crippen molar-refractivity contribution < 1.29 is 111 Å². The number of alkyl halides is 3. The fraction of sp³-hybridized carbons (Fsp3) is 0.729. The molecule has 3 aliphatic rings. The molecule has 11 atom stereocenters. The molecule has 2 saturated heterocycles. The van der Waals surface area contributed by atoms with Gasteiger partial charge in [0.2, 0.25) is 17.7 Å². The van der Waals surface area contributed by atoms with Gasteiger partial charge in [-0.25, -0.2) is 4.79 Å². The molecule has 0 aliphatic carbocycles. The van der Waals surface area contributed by atoms with E-state index in [1.807, 2.05) is 11.8 Å². The number of ether oxygens (including phenoxy) is 5. The summed E-state index contributed by atoms with van der Waals surface area (Å²) < 4.78 is 69.8. The van der Waals surface area contributed by atoms with E-state index in [0.29, 0.717) is 36.3 Å². The summed E-state index contributed by atoms with van der Waals surface area (Å²) in [5.41, 5.74) is -3.91. The highest BCUT2D eigenvalue weighted by atomic mass is 33.1. The van der Waals surface area contributed by atoms with Crippen molar-refractivity contribution in [2.45, 2.75) is 123 Å². The topological polar surface area (TPSA) is 424 Å². The van der Waals surface area contributed by atoms with E-state index in [4.69, 9.17) is 23.7 Å². The number of unbranched alkanes of at least 4 members (excludes halogenated alkanes) is 1. The van der Waals surface area contributed by atoms with Crippen LogP contribution >= 0.6 is 33.3 Å². The first-order valence-electron chi connectivity index (χ1n) is 26.1. The van der Waals surface area contributed by atoms with Crippen LogP contribution in [0.5, 0.6) is 5.75 Å². The average molecular weight is 1240 g/mol. The third-order valence-corrected chi connectivity index (χ3v) is 16.5. The molecule has 2 fully saturated rings. The van der Waals surface area contributed by atoms with Gasteiger partial charge in [-0.2, -0.15) is 24.9 Å². The maximum Gasteiger partial charge on any atom is 0.442 e. The minimum absolute atomic E-state index is 0.00293. The van der Waals surface area contributed by atoms with Crippen molar-refractivity contribution in [3.63, 3.8) is 0 Å². The molecule has 3 heterocycles. The molecule has 82 heavy (non-hydrogen) atoms. The van der Waals surface area contributed by atoms with Crippen LogP contribution in [-0.2, 0) is 48.6 Å². The number of aliphatic hydroxyl groups is 8. The van der Waals surface area contributed by atoms with Gasteiger partial charge in [-0.1, -0.05) is 34.1 Å². The molecular formula is C48H73F3N8O20S3. The molecule has 0 aromatic heterocycles. The quantitative estimate of drug-likeness (QED) is 0.0133. The van der Waals surface area contributed by atoms with Gasteiger partial charge in [0, 0.05) is 67.0 Å². The Morgan fingerprint density at radius 3 is 1.83 bits per heavy atom. The predicted octanol–water partition coefficient (Wildman–Crippen LogP) is -3.07. The number of aldehydes is 2. The van der Waals surface area contributed by atoms with Gasteiger partial charge >= 0.3 is 17.9 Å². The number of nitrogens with one attached hydrogen (secondary N) is 6. The highest BCUT2D eigenvalue weighted by Crippen LogP contribution is 2.53. The Labute approximate surface area is 481 Å². The molecule has 14 N–H and O–H groups in total. The standard InChI is InChI=1S/C48H73F3N8O20S3/c49-48(50,51)47(58-59-47)27-5-6-29(45(73)55-28(24-78-43(33(66)22-62)41(71)31(64)20-60)25-79-44(34(67)23-63)42(72)32(65)21-61)35(19-27)77-16-15-76-14-13-75-12-11-54-39(70)8-18-82-81-17-7-38(69)53-10-9-52-37(68)4-2-1-3-36-40-30(26-80-36)56-46(74)57-40/h5-6,19-21,28,30-34,36,40-44,62-67,71-72H,1-4,7-18,22-26H2,(H,52,68)(H,53,69)(H,54,70)(H,55,73)(H2,56,57,74)/t30-,31-,32-,33+,34+,36-,40-,41+,42+,43+,44+/m0/s1. The van der Waals surface area contributed by atoms with Crippen molar-refractivity contribution >= 4 is 75.6 Å². The Morgan fingerprint density at radius 1 is 0.756 bits per heavy atom. The molecule has 34 heteroatoms. The Kier molecular flexibility index (Phi) is 31.0. The highest BCUT2D eigenvalue weighted by molar-refractivity contribution is 8.76. The van der Waals surface area contributed by atoms with E-state index in [0.717, 1.165) is 43.2 Å². The van der Waals surface area contributed by atoms with Gasteiger partial charge in [0.25, 0.3) is 5.91 Å². The van der Waals surface area contributed by atoms with E-state index in [-0.39, 0.29) is 101 Å². The van der Waals surface area contributed by atoms with E-state index in [1.165, 1.54) is 21.6 Å². The van der Waals surface area contributed by atoms with Crippen molar-refractivity contribution in [1.29, 1.82) is 0 Å². The Hall–Kier alpha value is -4.53. The van der Waals surface area contributed by atoms with Gasteiger partial charge in [-0.05, 0) is 25.0 Å². The molecule has 1 aromatic carbocycles. The van der Waals surface area contributed by atoms with Crippen LogP contribution < -0.4 is 36.6 Å². The van der Waals surface area contributed by atoms with Crippen LogP contribution in [0.2, 0.25) is 0 Å². The molecule has 0 unspecified atom stereocenters. The van der Waals surface area contributed by atoms with Crippen molar-refractivity contribution in [1.82, 2.24) is 31.9 Å². The van der Waals surface area contributed by atoms with E-state index in [1.54, 1.807) is 0 Å². The first-order valence-corrected chi connectivity index (χ1v) is 29.6. The van der Waals surface area contributed by atoms with Gasteiger partial charge in [0.05, 0.1) is 76.5 Å². The van der Waals surface area contributed by atoms with Crippen LogP contribution in [0.3, 0.4) is 0 Å². The number of rotatable bonds is 44. The summed E-state index contributed by atoms with van der Waals surface area (Å²) in [4.78, 5) is 84.5. The normalized spacial score (nSPS) is 20.0. The number of amides is 6. The Balaban J connectivity index is 1.14. The monoisotopic (exact) mass is 1230 g/mol. The molecule has 464 valence electrons. The number of thioether (sulfide) groups is 1. The Bertz CT molecular complexity index is 2180. The second-order valence-electron chi connectivity index (χ2n) is 18.7. The lowest BCUT2D eigenvalue weighted by atomic mass is 10.00. The molecule has 28 nitrogen and oxygen atoms in total. The fourth-order valence-electron chi connectivity index (χ4n) is 8.09. The van der Waals surface area contributed by atoms with Crippen LogP contribution in [0.4, 0.5) is 18.0 Å². The number of hydrogen-bond acceptors (Lipinski definition) is 25. The second-order valence-corrected chi connectivity index (χ2v) is 22.7. The van der Waals surface area contributed by atoms with Crippen molar-refractivity contribution in [2.24, 2.45) is 10.2 Å². The number of carbonyl (C=O) groups is 7. The zero-order valence-electron chi connectivity index (χ0n) is 44.4. The number of carbonyl (C=O) groups excluding carboxylic acids is 7. The maximum absolute atomic E-state index is 14.0. The summed E-state index contributed by atoms with van der Waals surface area (Å²) in [6.07, 6.45) is -18.1. The third-order valence-electron chi connectivity index (χ3n) is 12.6. The molecule has 3 aliphatic heterocycles. The Morgan fingerprint density at radius 2 is 1.29 bits per heavy atom. The van der Waals surface area contributed by atoms with Crippen LogP contribution in [0.15, 0.2) is 28.4 Å². The molecule has 0 radical (unpaired) electrons. The lowest BCUT2D eigenvalue weighted by molar-refractivity contribution is -0.166. The molecule has 0 spiro atoms. The van der Waals surface area contributed by atoms with Gasteiger partial charge in [-0.15, -0.1) is 10.2 Å². The molecular weight excluding hydrogens is 1160 g/mol. The van der Waals surface area contributed by atoms with E-state index < -0.39 is 116 Å². The zero-order valence-corrected chi connectivity index (χ0v) is 46.8. The number of aliphatic hydroxyl groups excluding tert-OH is 8. The largest absolute Gasteiger partial charge is 0.490 e. The molecule has 1 aromatic rings. The summed E-state index contributed by atoms with van der Waals surface area (Å²) >= 11 is 1.84. The molecule has 0 saturated carbocycles. The number of nitrogens with zero attached hydrogens (tertiary/aromatic N) is 2. The van der Waals surface area contributed by atoms with Crippen LogP contribution in [0.1, 0.15) is 54.4 Å². The second kappa shape index (κ2) is 36.3. The fourth-order valence-corrected chi connectivity index (χ4v) is 11.6.